The first-order valence-corrected chi connectivity index (χ1v) is 6.21. The summed E-state index contributed by atoms with van der Waals surface area (Å²) in [5.74, 6) is 0. The van der Waals surface area contributed by atoms with E-state index in [0.29, 0.717) is 0 Å². The Morgan fingerprint density at radius 3 is 2.00 bits per heavy atom. The van der Waals surface area contributed by atoms with Gasteiger partial charge in [0.2, 0.25) is 0 Å². The lowest BCUT2D eigenvalue weighted by molar-refractivity contribution is -0.114. The molecule has 0 saturated heterocycles. The highest BCUT2D eigenvalue weighted by molar-refractivity contribution is 5.64. The minimum atomic E-state index is -0.283. The van der Waals surface area contributed by atoms with Crippen molar-refractivity contribution in [2.75, 3.05) is 0 Å². The molecule has 0 bridgehead atoms. The van der Waals surface area contributed by atoms with Gasteiger partial charge in [0.05, 0.1) is 0 Å². The number of carbonyl (C=O) groups excluding carboxylic acids is 1. The normalized spacial score (nSPS) is 11.2. The van der Waals surface area contributed by atoms with E-state index in [4.69, 9.17) is 0 Å². The second-order valence-corrected chi connectivity index (χ2v) is 5.35. The molecule has 0 saturated carbocycles. The molecule has 0 aromatic heterocycles. The largest absolute Gasteiger partial charge is 0.303 e. The Balaban J connectivity index is 2.18. The van der Waals surface area contributed by atoms with Crippen LogP contribution in [-0.4, -0.2) is 6.29 Å². The molecule has 2 aromatic rings. The highest BCUT2D eigenvalue weighted by Crippen LogP contribution is 2.23. The smallest absolute Gasteiger partial charge is 0.125 e. The summed E-state index contributed by atoms with van der Waals surface area (Å²) in [6.45, 7) is 3.93. The van der Waals surface area contributed by atoms with Gasteiger partial charge in [0, 0.05) is 5.41 Å². The lowest BCUT2D eigenvalue weighted by atomic mass is 9.87. The third kappa shape index (κ3) is 3.07. The van der Waals surface area contributed by atoms with Gasteiger partial charge in [-0.25, -0.2) is 0 Å². The Bertz CT molecular complexity index is 509. The Labute approximate surface area is 108 Å². The zero-order chi connectivity index (χ0) is 13.0. The van der Waals surface area contributed by atoms with Gasteiger partial charge in [0.1, 0.15) is 6.29 Å². The second-order valence-electron chi connectivity index (χ2n) is 5.35. The SMILES string of the molecule is CC(C)(C=O)Cc1ccc(-c2ccccc2)cc1. The summed E-state index contributed by atoms with van der Waals surface area (Å²) in [7, 11) is 0. The van der Waals surface area contributed by atoms with Crippen LogP contribution in [0.3, 0.4) is 0 Å². The molecule has 18 heavy (non-hydrogen) atoms. The minimum absolute atomic E-state index is 0.283. The fraction of sp³-hybridized carbons (Fsp3) is 0.235. The molecule has 2 rings (SSSR count). The molecule has 0 radical (unpaired) electrons. The average molecular weight is 238 g/mol. The third-order valence-electron chi connectivity index (χ3n) is 3.04. The van der Waals surface area contributed by atoms with Crippen molar-refractivity contribution in [3.63, 3.8) is 0 Å². The van der Waals surface area contributed by atoms with E-state index in [-0.39, 0.29) is 5.41 Å². The number of benzene rings is 2. The van der Waals surface area contributed by atoms with Crippen LogP contribution in [-0.2, 0) is 11.2 Å². The number of carbonyl (C=O) groups is 1. The first-order valence-electron chi connectivity index (χ1n) is 6.21. The fourth-order valence-electron chi connectivity index (χ4n) is 2.01. The molecule has 0 spiro atoms. The molecule has 0 heterocycles. The lowest BCUT2D eigenvalue weighted by Gasteiger charge is -2.16. The van der Waals surface area contributed by atoms with Gasteiger partial charge in [-0.2, -0.15) is 0 Å². The van der Waals surface area contributed by atoms with Gasteiger partial charge >= 0.3 is 0 Å². The Hall–Kier alpha value is -1.89. The van der Waals surface area contributed by atoms with Crippen LogP contribution < -0.4 is 0 Å². The molecule has 1 nitrogen and oxygen atoms in total. The van der Waals surface area contributed by atoms with Crippen molar-refractivity contribution in [3.05, 3.63) is 60.2 Å². The molecule has 2 aromatic carbocycles. The topological polar surface area (TPSA) is 17.1 Å². The molecule has 0 N–H and O–H groups in total. The van der Waals surface area contributed by atoms with Crippen LogP contribution in [0.4, 0.5) is 0 Å². The van der Waals surface area contributed by atoms with Crippen molar-refractivity contribution in [2.24, 2.45) is 5.41 Å². The molecule has 0 fully saturated rings. The second kappa shape index (κ2) is 5.18. The molecule has 1 heteroatoms. The van der Waals surface area contributed by atoms with E-state index in [1.54, 1.807) is 0 Å². The zero-order valence-electron chi connectivity index (χ0n) is 10.9. The van der Waals surface area contributed by atoms with E-state index < -0.39 is 0 Å². The molecule has 92 valence electrons. The van der Waals surface area contributed by atoms with Crippen molar-refractivity contribution in [2.45, 2.75) is 20.3 Å². The van der Waals surface area contributed by atoms with Crippen LogP contribution in [0.25, 0.3) is 11.1 Å². The molecular formula is C17H18O. The van der Waals surface area contributed by atoms with Crippen LogP contribution in [0, 0.1) is 5.41 Å². The maximum atomic E-state index is 10.9. The van der Waals surface area contributed by atoms with Gasteiger partial charge in [-0.1, -0.05) is 68.4 Å². The van der Waals surface area contributed by atoms with E-state index in [1.807, 2.05) is 32.0 Å². The molecule has 0 aliphatic heterocycles. The molecule has 0 aliphatic rings. The van der Waals surface area contributed by atoms with Gasteiger partial charge in [0.15, 0.2) is 0 Å². The average Bonchev–Trinajstić information content (AvgIpc) is 2.40. The first kappa shape index (κ1) is 12.6. The quantitative estimate of drug-likeness (QED) is 0.732. The minimum Gasteiger partial charge on any atom is -0.303 e. The molecule has 0 amide bonds. The molecule has 0 aliphatic carbocycles. The summed E-state index contributed by atoms with van der Waals surface area (Å²) >= 11 is 0. The van der Waals surface area contributed by atoms with Gasteiger partial charge < -0.3 is 4.79 Å². The monoisotopic (exact) mass is 238 g/mol. The van der Waals surface area contributed by atoms with E-state index in [0.717, 1.165) is 12.7 Å². The maximum absolute atomic E-state index is 10.9. The van der Waals surface area contributed by atoms with E-state index in [9.17, 15) is 4.79 Å². The van der Waals surface area contributed by atoms with Crippen LogP contribution in [0.1, 0.15) is 19.4 Å². The van der Waals surface area contributed by atoms with Crippen molar-refractivity contribution >= 4 is 6.29 Å². The number of aldehydes is 1. The Morgan fingerprint density at radius 2 is 1.44 bits per heavy atom. The maximum Gasteiger partial charge on any atom is 0.125 e. The molecule has 0 atom stereocenters. The Morgan fingerprint density at radius 1 is 0.889 bits per heavy atom. The molecular weight excluding hydrogens is 220 g/mol. The summed E-state index contributed by atoms with van der Waals surface area (Å²) in [4.78, 5) is 10.9. The van der Waals surface area contributed by atoms with Crippen molar-refractivity contribution < 1.29 is 4.79 Å². The highest BCUT2D eigenvalue weighted by Gasteiger charge is 2.16. The van der Waals surface area contributed by atoms with Gasteiger partial charge in [-0.05, 0) is 23.1 Å². The predicted octanol–water partition coefficient (Wildman–Crippen LogP) is 4.12. The summed E-state index contributed by atoms with van der Waals surface area (Å²) < 4.78 is 0. The van der Waals surface area contributed by atoms with Crippen LogP contribution in [0.15, 0.2) is 54.6 Å². The summed E-state index contributed by atoms with van der Waals surface area (Å²) in [5, 5.41) is 0. The molecule has 0 unspecified atom stereocenters. The van der Waals surface area contributed by atoms with E-state index in [1.165, 1.54) is 16.7 Å². The summed E-state index contributed by atoms with van der Waals surface area (Å²) in [6.07, 6.45) is 1.81. The van der Waals surface area contributed by atoms with E-state index >= 15 is 0 Å². The zero-order valence-corrected chi connectivity index (χ0v) is 10.9. The Kier molecular flexibility index (Phi) is 3.61. The summed E-state index contributed by atoms with van der Waals surface area (Å²) in [6, 6.07) is 18.7. The van der Waals surface area contributed by atoms with Gasteiger partial charge in [-0.15, -0.1) is 0 Å². The van der Waals surface area contributed by atoms with Crippen molar-refractivity contribution in [1.82, 2.24) is 0 Å². The third-order valence-corrected chi connectivity index (χ3v) is 3.04. The van der Waals surface area contributed by atoms with Crippen LogP contribution >= 0.6 is 0 Å². The number of rotatable bonds is 4. The van der Waals surface area contributed by atoms with Gasteiger partial charge in [0.25, 0.3) is 0 Å². The summed E-state index contributed by atoms with van der Waals surface area (Å²) in [5.41, 5.74) is 3.35. The standard InChI is InChI=1S/C17H18O/c1-17(2,13-18)12-14-8-10-16(11-9-14)15-6-4-3-5-7-15/h3-11,13H,12H2,1-2H3. The van der Waals surface area contributed by atoms with E-state index in [2.05, 4.69) is 36.4 Å². The van der Waals surface area contributed by atoms with Gasteiger partial charge in [-0.3, -0.25) is 0 Å². The number of hydrogen-bond acceptors (Lipinski definition) is 1. The van der Waals surface area contributed by atoms with Crippen LogP contribution in [0.2, 0.25) is 0 Å². The lowest BCUT2D eigenvalue weighted by Crippen LogP contribution is -2.16. The number of hydrogen-bond donors (Lipinski definition) is 0. The highest BCUT2D eigenvalue weighted by atomic mass is 16.1. The first-order chi connectivity index (χ1) is 8.61. The van der Waals surface area contributed by atoms with Crippen molar-refractivity contribution in [3.8, 4) is 11.1 Å². The van der Waals surface area contributed by atoms with Crippen molar-refractivity contribution in [1.29, 1.82) is 0 Å². The fourth-order valence-corrected chi connectivity index (χ4v) is 2.01. The predicted molar refractivity (Wildman–Crippen MR) is 75.4 cm³/mol. The van der Waals surface area contributed by atoms with Crippen LogP contribution in [0.5, 0.6) is 0 Å².